The topological polar surface area (TPSA) is 81.2 Å². The second-order valence-corrected chi connectivity index (χ2v) is 4.19. The molecule has 0 bridgehead atoms. The lowest BCUT2D eigenvalue weighted by atomic mass is 10.1. The molecule has 0 aliphatic rings. The summed E-state index contributed by atoms with van der Waals surface area (Å²) in [5.41, 5.74) is 7.97. The Labute approximate surface area is 105 Å². The first kappa shape index (κ1) is 12.2. The van der Waals surface area contributed by atoms with Crippen molar-refractivity contribution in [3.8, 4) is 0 Å². The monoisotopic (exact) mass is 245 g/mol. The van der Waals surface area contributed by atoms with Crippen LogP contribution in [0.5, 0.6) is 0 Å². The Kier molecular flexibility index (Phi) is 3.32. The number of hydrogen-bond acceptors (Lipinski definition) is 4. The summed E-state index contributed by atoms with van der Waals surface area (Å²) >= 11 is 0. The van der Waals surface area contributed by atoms with Gasteiger partial charge in [-0.15, -0.1) is 0 Å². The summed E-state index contributed by atoms with van der Waals surface area (Å²) in [5, 5.41) is 6.51. The van der Waals surface area contributed by atoms with Crippen LogP contribution in [0, 0.1) is 6.92 Å². The number of amides is 1. The number of anilines is 1. The van der Waals surface area contributed by atoms with Gasteiger partial charge in [0.05, 0.1) is 11.7 Å². The maximum atomic E-state index is 11.8. The summed E-state index contributed by atoms with van der Waals surface area (Å²) in [4.78, 5) is 11.8. The van der Waals surface area contributed by atoms with E-state index in [-0.39, 0.29) is 17.7 Å². The van der Waals surface area contributed by atoms with Crippen LogP contribution in [0.25, 0.3) is 0 Å². The lowest BCUT2D eigenvalue weighted by Gasteiger charge is -2.13. The van der Waals surface area contributed by atoms with E-state index in [1.54, 1.807) is 25.1 Å². The molecular weight excluding hydrogens is 230 g/mol. The summed E-state index contributed by atoms with van der Waals surface area (Å²) in [6.45, 7) is 3.66. The van der Waals surface area contributed by atoms with E-state index in [1.807, 2.05) is 19.1 Å². The van der Waals surface area contributed by atoms with Crippen LogP contribution >= 0.6 is 0 Å². The summed E-state index contributed by atoms with van der Waals surface area (Å²) < 4.78 is 4.90. The third-order valence-electron chi connectivity index (χ3n) is 2.64. The molecule has 94 valence electrons. The molecule has 1 unspecified atom stereocenters. The van der Waals surface area contributed by atoms with E-state index in [0.717, 1.165) is 5.56 Å². The van der Waals surface area contributed by atoms with E-state index in [2.05, 4.69) is 10.5 Å². The first-order chi connectivity index (χ1) is 8.56. The Balaban J connectivity index is 2.05. The second-order valence-electron chi connectivity index (χ2n) is 4.19. The fourth-order valence-electron chi connectivity index (χ4n) is 1.61. The van der Waals surface area contributed by atoms with Gasteiger partial charge < -0.3 is 15.6 Å². The van der Waals surface area contributed by atoms with Crippen molar-refractivity contribution in [1.82, 2.24) is 10.5 Å². The van der Waals surface area contributed by atoms with Crippen LogP contribution in [0.1, 0.15) is 34.8 Å². The molecule has 1 aromatic carbocycles. The number of aromatic nitrogens is 1. The molecular formula is C13H15N3O2. The maximum absolute atomic E-state index is 11.8. The Morgan fingerprint density at radius 1 is 1.39 bits per heavy atom. The highest BCUT2D eigenvalue weighted by Gasteiger charge is 2.15. The number of carbonyl (C=O) groups excluding carboxylic acids is 1. The first-order valence-electron chi connectivity index (χ1n) is 5.66. The SMILES string of the molecule is Cc1cc(C(=O)NC(C)c2ccc(N)cc2)on1. The molecule has 2 rings (SSSR count). The zero-order chi connectivity index (χ0) is 13.1. The number of aryl methyl sites for hydroxylation is 1. The van der Waals surface area contributed by atoms with Gasteiger partial charge in [0.2, 0.25) is 5.76 Å². The van der Waals surface area contributed by atoms with Gasteiger partial charge in [-0.1, -0.05) is 17.3 Å². The van der Waals surface area contributed by atoms with E-state index in [4.69, 9.17) is 10.3 Å². The Hall–Kier alpha value is -2.30. The molecule has 1 heterocycles. The largest absolute Gasteiger partial charge is 0.399 e. The zero-order valence-corrected chi connectivity index (χ0v) is 10.3. The fraction of sp³-hybridized carbons (Fsp3) is 0.231. The van der Waals surface area contributed by atoms with E-state index in [1.165, 1.54) is 0 Å². The number of carbonyl (C=O) groups is 1. The molecule has 1 amide bonds. The van der Waals surface area contributed by atoms with Gasteiger partial charge in [0.25, 0.3) is 5.91 Å². The van der Waals surface area contributed by atoms with Crippen LogP contribution in [-0.2, 0) is 0 Å². The normalized spacial score (nSPS) is 12.1. The van der Waals surface area contributed by atoms with Gasteiger partial charge in [-0.2, -0.15) is 0 Å². The smallest absolute Gasteiger partial charge is 0.290 e. The van der Waals surface area contributed by atoms with Crippen LogP contribution < -0.4 is 11.1 Å². The van der Waals surface area contributed by atoms with Crippen molar-refractivity contribution >= 4 is 11.6 Å². The number of nitrogens with one attached hydrogen (secondary N) is 1. The molecule has 1 atom stereocenters. The average Bonchev–Trinajstić information content (AvgIpc) is 2.76. The van der Waals surface area contributed by atoms with Crippen LogP contribution in [0.3, 0.4) is 0 Å². The molecule has 0 spiro atoms. The van der Waals surface area contributed by atoms with Gasteiger partial charge in [-0.05, 0) is 31.5 Å². The Bertz CT molecular complexity index is 546. The van der Waals surface area contributed by atoms with Crippen molar-refractivity contribution in [2.45, 2.75) is 19.9 Å². The van der Waals surface area contributed by atoms with E-state index in [9.17, 15) is 4.79 Å². The predicted octanol–water partition coefficient (Wildman–Crippen LogP) is 2.06. The summed E-state index contributed by atoms with van der Waals surface area (Å²) in [7, 11) is 0. The van der Waals surface area contributed by atoms with Gasteiger partial charge in [0.1, 0.15) is 0 Å². The zero-order valence-electron chi connectivity index (χ0n) is 10.3. The fourth-order valence-corrected chi connectivity index (χ4v) is 1.61. The van der Waals surface area contributed by atoms with Crippen LogP contribution in [0.2, 0.25) is 0 Å². The van der Waals surface area contributed by atoms with E-state index >= 15 is 0 Å². The van der Waals surface area contributed by atoms with Crippen molar-refractivity contribution in [2.75, 3.05) is 5.73 Å². The van der Waals surface area contributed by atoms with Crippen molar-refractivity contribution in [3.63, 3.8) is 0 Å². The molecule has 0 fully saturated rings. The lowest BCUT2D eigenvalue weighted by molar-refractivity contribution is 0.0902. The van der Waals surface area contributed by atoms with Gasteiger partial charge in [0, 0.05) is 11.8 Å². The first-order valence-corrected chi connectivity index (χ1v) is 5.66. The molecule has 5 nitrogen and oxygen atoms in total. The number of rotatable bonds is 3. The highest BCUT2D eigenvalue weighted by Crippen LogP contribution is 2.15. The predicted molar refractivity (Wildman–Crippen MR) is 68.0 cm³/mol. The minimum Gasteiger partial charge on any atom is -0.399 e. The minimum atomic E-state index is -0.278. The van der Waals surface area contributed by atoms with E-state index in [0.29, 0.717) is 11.4 Å². The summed E-state index contributed by atoms with van der Waals surface area (Å²) in [5.74, 6) is -0.0604. The molecule has 0 aliphatic heterocycles. The highest BCUT2D eigenvalue weighted by molar-refractivity contribution is 5.91. The number of benzene rings is 1. The third-order valence-corrected chi connectivity index (χ3v) is 2.64. The highest BCUT2D eigenvalue weighted by atomic mass is 16.5. The molecule has 0 saturated heterocycles. The Morgan fingerprint density at radius 3 is 2.61 bits per heavy atom. The van der Waals surface area contributed by atoms with Crippen molar-refractivity contribution in [1.29, 1.82) is 0 Å². The van der Waals surface area contributed by atoms with Gasteiger partial charge in [0.15, 0.2) is 0 Å². The van der Waals surface area contributed by atoms with Crippen molar-refractivity contribution in [2.24, 2.45) is 0 Å². The summed E-state index contributed by atoms with van der Waals surface area (Å²) in [6, 6.07) is 8.85. The molecule has 2 aromatic rings. The Morgan fingerprint density at radius 2 is 2.06 bits per heavy atom. The van der Waals surface area contributed by atoms with Gasteiger partial charge >= 0.3 is 0 Å². The number of hydrogen-bond donors (Lipinski definition) is 2. The van der Waals surface area contributed by atoms with Gasteiger partial charge in [-0.25, -0.2) is 0 Å². The van der Waals surface area contributed by atoms with E-state index < -0.39 is 0 Å². The minimum absolute atomic E-state index is 0.122. The quantitative estimate of drug-likeness (QED) is 0.811. The van der Waals surface area contributed by atoms with Gasteiger partial charge in [-0.3, -0.25) is 4.79 Å². The maximum Gasteiger partial charge on any atom is 0.290 e. The van der Waals surface area contributed by atoms with Crippen LogP contribution in [-0.4, -0.2) is 11.1 Å². The van der Waals surface area contributed by atoms with Crippen molar-refractivity contribution < 1.29 is 9.32 Å². The number of nitrogens with two attached hydrogens (primary N) is 1. The molecule has 18 heavy (non-hydrogen) atoms. The molecule has 5 heteroatoms. The molecule has 0 saturated carbocycles. The molecule has 1 aromatic heterocycles. The van der Waals surface area contributed by atoms with Crippen LogP contribution in [0.15, 0.2) is 34.9 Å². The van der Waals surface area contributed by atoms with Crippen molar-refractivity contribution in [3.05, 3.63) is 47.3 Å². The average molecular weight is 245 g/mol. The standard InChI is InChI=1S/C13H15N3O2/c1-8-7-12(18-16-8)13(17)15-9(2)10-3-5-11(14)6-4-10/h3-7,9H,14H2,1-2H3,(H,15,17). The molecule has 0 radical (unpaired) electrons. The molecule has 0 aliphatic carbocycles. The lowest BCUT2D eigenvalue weighted by Crippen LogP contribution is -2.26. The molecule has 3 N–H and O–H groups in total. The number of nitrogen functional groups attached to an aromatic ring is 1. The number of nitrogens with zero attached hydrogens (tertiary/aromatic N) is 1. The second kappa shape index (κ2) is 4.91. The third kappa shape index (κ3) is 2.68. The van der Waals surface area contributed by atoms with Crippen LogP contribution in [0.4, 0.5) is 5.69 Å². The summed E-state index contributed by atoms with van der Waals surface area (Å²) in [6.07, 6.45) is 0.